The monoisotopic (exact) mass is 425 g/mol. The molecular formula is C24H20FN7. The molecule has 3 aromatic rings. The van der Waals surface area contributed by atoms with E-state index in [0.717, 1.165) is 5.56 Å². The fraction of sp³-hybridized carbons (Fsp3) is 0.125. The Kier molecular flexibility index (Phi) is 6.57. The molecule has 0 aliphatic carbocycles. The zero-order valence-electron chi connectivity index (χ0n) is 17.6. The maximum absolute atomic E-state index is 14.0. The number of pyridine rings is 1. The molecule has 0 fully saturated rings. The van der Waals surface area contributed by atoms with E-state index in [1.54, 1.807) is 0 Å². The van der Waals surface area contributed by atoms with E-state index >= 15 is 0 Å². The summed E-state index contributed by atoms with van der Waals surface area (Å²) < 4.78 is 14.0. The molecular weight excluding hydrogens is 405 g/mol. The first-order valence-electron chi connectivity index (χ1n) is 9.64. The van der Waals surface area contributed by atoms with Gasteiger partial charge in [-0.15, -0.1) is 0 Å². The van der Waals surface area contributed by atoms with Gasteiger partial charge in [0.1, 0.15) is 35.2 Å². The molecule has 7 nitrogen and oxygen atoms in total. The molecule has 0 spiro atoms. The minimum Gasteiger partial charge on any atom is -0.383 e. The lowest BCUT2D eigenvalue weighted by molar-refractivity contribution is 0.627. The molecule has 2 aromatic carbocycles. The second-order valence-corrected chi connectivity index (χ2v) is 6.85. The predicted molar refractivity (Wildman–Crippen MR) is 123 cm³/mol. The number of nitrogens with zero attached hydrogens (tertiary/aromatic N) is 5. The Morgan fingerprint density at radius 2 is 1.94 bits per heavy atom. The summed E-state index contributed by atoms with van der Waals surface area (Å²) in [6.45, 7) is 5.33. The van der Waals surface area contributed by atoms with Crippen molar-refractivity contribution in [3.8, 4) is 23.3 Å². The highest BCUT2D eigenvalue weighted by atomic mass is 19.1. The first kappa shape index (κ1) is 22.1. The largest absolute Gasteiger partial charge is 0.383 e. The number of hydrogen-bond donors (Lipinski definition) is 2. The van der Waals surface area contributed by atoms with Crippen molar-refractivity contribution < 1.29 is 4.39 Å². The van der Waals surface area contributed by atoms with Crippen LogP contribution in [0.25, 0.3) is 22.0 Å². The summed E-state index contributed by atoms with van der Waals surface area (Å²) in [5.74, 6) is -0.304. The molecule has 0 saturated carbocycles. The quantitative estimate of drug-likeness (QED) is 0.351. The number of nitriles is 2. The van der Waals surface area contributed by atoms with Crippen molar-refractivity contribution in [3.63, 3.8) is 0 Å². The summed E-state index contributed by atoms with van der Waals surface area (Å²) in [5, 5.41) is 23.0. The van der Waals surface area contributed by atoms with Crippen LogP contribution in [0.2, 0.25) is 0 Å². The number of benzene rings is 2. The molecule has 1 aromatic heterocycles. The number of aromatic nitrogens is 1. The lowest BCUT2D eigenvalue weighted by Gasteiger charge is -2.21. The second-order valence-electron chi connectivity index (χ2n) is 6.85. The lowest BCUT2D eigenvalue weighted by Crippen LogP contribution is -2.25. The molecule has 8 heteroatoms. The van der Waals surface area contributed by atoms with Crippen LogP contribution in [0.4, 0.5) is 4.39 Å². The highest BCUT2D eigenvalue weighted by Crippen LogP contribution is 2.35. The Bertz CT molecular complexity index is 1330. The van der Waals surface area contributed by atoms with Gasteiger partial charge in [0.15, 0.2) is 0 Å². The molecule has 0 aliphatic heterocycles. The van der Waals surface area contributed by atoms with Crippen LogP contribution < -0.4 is 11.1 Å². The van der Waals surface area contributed by atoms with Crippen LogP contribution in [0.3, 0.4) is 0 Å². The number of nitrogens with two attached hydrogens (primary N) is 1. The smallest absolute Gasteiger partial charge is 0.147 e. The Morgan fingerprint density at radius 3 is 2.53 bits per heavy atom. The van der Waals surface area contributed by atoms with Crippen molar-refractivity contribution in [1.29, 1.82) is 10.5 Å². The van der Waals surface area contributed by atoms with Crippen molar-refractivity contribution >= 4 is 23.5 Å². The molecule has 0 unspecified atom stereocenters. The van der Waals surface area contributed by atoms with E-state index in [4.69, 9.17) is 10.7 Å². The van der Waals surface area contributed by atoms with Crippen LogP contribution in [-0.2, 0) is 0 Å². The van der Waals surface area contributed by atoms with Gasteiger partial charge in [0.2, 0.25) is 0 Å². The number of amidine groups is 1. The Hall–Kier alpha value is -4.56. The molecule has 32 heavy (non-hydrogen) atoms. The number of fused-ring (bicyclic) bond motifs is 1. The van der Waals surface area contributed by atoms with Crippen molar-refractivity contribution in [1.82, 2.24) is 10.3 Å². The van der Waals surface area contributed by atoms with Gasteiger partial charge in [-0.2, -0.15) is 10.5 Å². The first-order chi connectivity index (χ1) is 15.4. The Labute approximate surface area is 185 Å². The fourth-order valence-corrected chi connectivity index (χ4v) is 3.39. The first-order valence-corrected chi connectivity index (χ1v) is 9.64. The van der Waals surface area contributed by atoms with Crippen molar-refractivity contribution in [2.75, 3.05) is 7.05 Å². The number of nitrogens with one attached hydrogen (secondary N) is 1. The third-order valence-corrected chi connectivity index (χ3v) is 4.92. The maximum atomic E-state index is 14.0. The van der Waals surface area contributed by atoms with Crippen molar-refractivity contribution in [2.24, 2.45) is 15.7 Å². The van der Waals surface area contributed by atoms with E-state index in [0.29, 0.717) is 27.7 Å². The summed E-state index contributed by atoms with van der Waals surface area (Å²) in [7, 11) is 1.47. The minimum atomic E-state index is -0.514. The van der Waals surface area contributed by atoms with Gasteiger partial charge in [-0.05, 0) is 37.4 Å². The lowest BCUT2D eigenvalue weighted by atomic mass is 9.92. The highest BCUT2D eigenvalue weighted by molar-refractivity contribution is 6.01. The molecule has 158 valence electrons. The number of halogens is 1. The van der Waals surface area contributed by atoms with Crippen molar-refractivity contribution in [3.05, 3.63) is 77.0 Å². The zero-order chi connectivity index (χ0) is 23.3. The zero-order valence-corrected chi connectivity index (χ0v) is 17.6. The number of rotatable bonds is 6. The topological polar surface area (TPSA) is 123 Å². The van der Waals surface area contributed by atoms with Crippen molar-refractivity contribution in [2.45, 2.75) is 13.0 Å². The van der Waals surface area contributed by atoms with Gasteiger partial charge in [-0.3, -0.25) is 4.99 Å². The molecule has 0 bridgehead atoms. The van der Waals surface area contributed by atoms with Crippen LogP contribution in [0.1, 0.15) is 24.2 Å². The molecule has 3 N–H and O–H groups in total. The fourth-order valence-electron chi connectivity index (χ4n) is 3.39. The molecule has 0 saturated heterocycles. The van der Waals surface area contributed by atoms with E-state index < -0.39 is 11.9 Å². The van der Waals surface area contributed by atoms with Gasteiger partial charge in [0.05, 0.1) is 22.8 Å². The van der Waals surface area contributed by atoms with Crippen LogP contribution >= 0.6 is 0 Å². The molecule has 3 rings (SSSR count). The number of aliphatic imine (C=N–C) groups is 2. The Balaban J connectivity index is 2.29. The summed E-state index contributed by atoms with van der Waals surface area (Å²) in [5.41, 5.74) is 8.47. The third-order valence-electron chi connectivity index (χ3n) is 4.92. The standard InChI is InChI=1S/C24H20FN7/c1-14(31-24(30-3)19(13-27)23(28)29-2)22-21(15-7-5-4-6-8-15)18(12-26)17-11-16(25)9-10-20(17)32-22/h4-11,14,31H,3H2,1-2H3,(H2,28,29)/b24-19+/t14-/m1/s1. The second kappa shape index (κ2) is 9.50. The average molecular weight is 425 g/mol. The normalized spacial score (nSPS) is 13.0. The number of hydrogen-bond acceptors (Lipinski definition) is 6. The van der Waals surface area contributed by atoms with Gasteiger partial charge in [0.25, 0.3) is 0 Å². The van der Waals surface area contributed by atoms with Gasteiger partial charge in [-0.1, -0.05) is 30.3 Å². The van der Waals surface area contributed by atoms with E-state index in [2.05, 4.69) is 28.1 Å². The summed E-state index contributed by atoms with van der Waals surface area (Å²) in [6.07, 6.45) is 0. The minimum absolute atomic E-state index is 0.0116. The molecule has 1 heterocycles. The van der Waals surface area contributed by atoms with Crippen LogP contribution in [0.5, 0.6) is 0 Å². The molecule has 0 radical (unpaired) electrons. The maximum Gasteiger partial charge on any atom is 0.147 e. The Morgan fingerprint density at radius 1 is 1.22 bits per heavy atom. The SMILES string of the molecule is C=N/C(N[C@H](C)c1nc2ccc(F)cc2c(C#N)c1-c1ccccc1)=C(/C#N)C(N)=NC. The molecule has 0 amide bonds. The third kappa shape index (κ3) is 4.16. The predicted octanol–water partition coefficient (Wildman–Crippen LogP) is 3.99. The summed E-state index contributed by atoms with van der Waals surface area (Å²) in [4.78, 5) is 12.5. The van der Waals surface area contributed by atoms with E-state index in [1.165, 1.54) is 25.2 Å². The van der Waals surface area contributed by atoms with Crippen LogP contribution in [0, 0.1) is 28.5 Å². The van der Waals surface area contributed by atoms with Gasteiger partial charge in [0, 0.05) is 18.0 Å². The molecule has 1 atom stereocenters. The highest BCUT2D eigenvalue weighted by Gasteiger charge is 2.22. The van der Waals surface area contributed by atoms with Crippen LogP contribution in [0.15, 0.2) is 69.9 Å². The van der Waals surface area contributed by atoms with Crippen LogP contribution in [-0.4, -0.2) is 24.6 Å². The van der Waals surface area contributed by atoms with Gasteiger partial charge in [-0.25, -0.2) is 14.4 Å². The van der Waals surface area contributed by atoms with Gasteiger partial charge < -0.3 is 11.1 Å². The average Bonchev–Trinajstić information content (AvgIpc) is 2.82. The van der Waals surface area contributed by atoms with E-state index in [1.807, 2.05) is 43.3 Å². The summed E-state index contributed by atoms with van der Waals surface area (Å²) in [6, 6.07) is 17.1. The van der Waals surface area contributed by atoms with E-state index in [9.17, 15) is 14.9 Å². The van der Waals surface area contributed by atoms with Gasteiger partial charge >= 0.3 is 0 Å². The summed E-state index contributed by atoms with van der Waals surface area (Å²) >= 11 is 0. The molecule has 0 aliphatic rings. The van der Waals surface area contributed by atoms with E-state index in [-0.39, 0.29) is 17.2 Å².